The molecule has 0 saturated heterocycles. The molecule has 0 radical (unpaired) electrons. The van der Waals surface area contributed by atoms with Crippen molar-refractivity contribution in [1.29, 1.82) is 0 Å². The molecule has 1 aliphatic heterocycles. The molecule has 0 saturated carbocycles. The predicted octanol–water partition coefficient (Wildman–Crippen LogP) is 2.10. The molecule has 27 heavy (non-hydrogen) atoms. The lowest BCUT2D eigenvalue weighted by Gasteiger charge is -2.16. The SMILES string of the molecule is CC(C)CCn1nc2n(c1=O)CCC(NC(=O)CSc1ccncc1)CC2. The van der Waals surface area contributed by atoms with Gasteiger partial charge in [-0.15, -0.1) is 11.8 Å². The average molecular weight is 390 g/mol. The molecule has 2 aromatic rings. The normalized spacial score (nSPS) is 16.8. The van der Waals surface area contributed by atoms with Crippen molar-refractivity contribution >= 4 is 17.7 Å². The lowest BCUT2D eigenvalue weighted by molar-refractivity contribution is -0.119. The van der Waals surface area contributed by atoms with Gasteiger partial charge < -0.3 is 5.32 Å². The van der Waals surface area contributed by atoms with E-state index in [1.165, 1.54) is 11.8 Å². The molecule has 3 heterocycles. The maximum Gasteiger partial charge on any atom is 0.345 e. The number of thioether (sulfide) groups is 1. The Morgan fingerprint density at radius 3 is 2.85 bits per heavy atom. The molecule has 0 spiro atoms. The number of aryl methyl sites for hydroxylation is 2. The maximum atomic E-state index is 12.5. The first-order valence-corrected chi connectivity index (χ1v) is 10.5. The van der Waals surface area contributed by atoms with Crippen LogP contribution in [-0.4, -0.2) is 37.0 Å². The fraction of sp³-hybridized carbons (Fsp3) is 0.579. The van der Waals surface area contributed by atoms with Gasteiger partial charge in [0.25, 0.3) is 0 Å². The lowest BCUT2D eigenvalue weighted by Crippen LogP contribution is -2.36. The Labute approximate surface area is 163 Å². The average Bonchev–Trinajstić information content (AvgIpc) is 2.82. The van der Waals surface area contributed by atoms with Crippen LogP contribution in [0.3, 0.4) is 0 Å². The monoisotopic (exact) mass is 389 g/mol. The summed E-state index contributed by atoms with van der Waals surface area (Å²) in [6, 6.07) is 3.88. The summed E-state index contributed by atoms with van der Waals surface area (Å²) in [6.07, 6.45) is 6.68. The molecular formula is C19H27N5O2S. The summed E-state index contributed by atoms with van der Waals surface area (Å²) in [6.45, 7) is 5.57. The first-order chi connectivity index (χ1) is 13.0. The first-order valence-electron chi connectivity index (χ1n) is 9.51. The number of nitrogens with one attached hydrogen (secondary N) is 1. The van der Waals surface area contributed by atoms with Crippen molar-refractivity contribution in [3.8, 4) is 0 Å². The Bertz CT molecular complexity index is 815. The summed E-state index contributed by atoms with van der Waals surface area (Å²) >= 11 is 1.50. The summed E-state index contributed by atoms with van der Waals surface area (Å²) in [7, 11) is 0. The van der Waals surface area contributed by atoms with E-state index < -0.39 is 0 Å². The number of fused-ring (bicyclic) bond motifs is 1. The molecule has 8 heteroatoms. The highest BCUT2D eigenvalue weighted by molar-refractivity contribution is 8.00. The second-order valence-corrected chi connectivity index (χ2v) is 8.37. The van der Waals surface area contributed by atoms with Crippen LogP contribution in [0.1, 0.15) is 38.9 Å². The molecule has 3 rings (SSSR count). The van der Waals surface area contributed by atoms with Crippen molar-refractivity contribution in [3.63, 3.8) is 0 Å². The van der Waals surface area contributed by atoms with Gasteiger partial charge in [-0.3, -0.25) is 14.3 Å². The highest BCUT2D eigenvalue weighted by Crippen LogP contribution is 2.17. The molecular weight excluding hydrogens is 362 g/mol. The van der Waals surface area contributed by atoms with Crippen molar-refractivity contribution in [2.24, 2.45) is 5.92 Å². The molecule has 1 amide bonds. The number of rotatable bonds is 7. The van der Waals surface area contributed by atoms with Gasteiger partial charge in [0.2, 0.25) is 5.91 Å². The van der Waals surface area contributed by atoms with E-state index in [4.69, 9.17) is 0 Å². The molecule has 0 aromatic carbocycles. The zero-order chi connectivity index (χ0) is 19.2. The molecule has 1 aliphatic rings. The Morgan fingerprint density at radius 2 is 2.11 bits per heavy atom. The van der Waals surface area contributed by atoms with Crippen LogP contribution >= 0.6 is 11.8 Å². The highest BCUT2D eigenvalue weighted by atomic mass is 32.2. The number of hydrogen-bond donors (Lipinski definition) is 1. The summed E-state index contributed by atoms with van der Waals surface area (Å²) in [5, 5.41) is 7.62. The number of aromatic nitrogens is 4. The smallest absolute Gasteiger partial charge is 0.345 e. The number of nitrogens with zero attached hydrogens (tertiary/aromatic N) is 4. The zero-order valence-electron chi connectivity index (χ0n) is 15.9. The van der Waals surface area contributed by atoms with Gasteiger partial charge in [-0.1, -0.05) is 13.8 Å². The Hall–Kier alpha value is -2.09. The van der Waals surface area contributed by atoms with Crippen LogP contribution in [0, 0.1) is 5.92 Å². The van der Waals surface area contributed by atoms with Crippen LogP contribution < -0.4 is 11.0 Å². The molecule has 146 valence electrons. The molecule has 2 aromatic heterocycles. The fourth-order valence-corrected chi connectivity index (χ4v) is 3.85. The van der Waals surface area contributed by atoms with Crippen molar-refractivity contribution in [2.45, 2.75) is 63.6 Å². The number of amides is 1. The molecule has 1 unspecified atom stereocenters. The van der Waals surface area contributed by atoms with Gasteiger partial charge in [-0.05, 0) is 37.3 Å². The predicted molar refractivity (Wildman–Crippen MR) is 106 cm³/mol. The van der Waals surface area contributed by atoms with Gasteiger partial charge in [0.15, 0.2) is 0 Å². The second-order valence-electron chi connectivity index (χ2n) is 7.32. The van der Waals surface area contributed by atoms with Crippen LogP contribution in [0.25, 0.3) is 0 Å². The Morgan fingerprint density at radius 1 is 1.33 bits per heavy atom. The second kappa shape index (κ2) is 9.21. The van der Waals surface area contributed by atoms with Crippen molar-refractivity contribution in [1.82, 2.24) is 24.6 Å². The van der Waals surface area contributed by atoms with Gasteiger partial charge in [0.05, 0.1) is 5.75 Å². The summed E-state index contributed by atoms with van der Waals surface area (Å²) in [5.41, 5.74) is -0.0223. The van der Waals surface area contributed by atoms with Crippen molar-refractivity contribution in [2.75, 3.05) is 5.75 Å². The van der Waals surface area contributed by atoms with Gasteiger partial charge in [0.1, 0.15) is 5.82 Å². The Kier molecular flexibility index (Phi) is 6.71. The molecule has 0 aliphatic carbocycles. The van der Waals surface area contributed by atoms with Crippen LogP contribution in [0.2, 0.25) is 0 Å². The summed E-state index contributed by atoms with van der Waals surface area (Å²) in [5.74, 6) is 1.79. The number of carbonyl (C=O) groups excluding carboxylic acids is 1. The standard InChI is InChI=1S/C19H27N5O2S/c1-14(2)7-12-24-19(26)23-11-8-15(3-4-17(23)22-24)21-18(25)13-27-16-5-9-20-10-6-16/h5-6,9-10,14-15H,3-4,7-8,11-13H2,1-2H3,(H,21,25). The van der Waals surface area contributed by atoms with Crippen LogP contribution in [0.15, 0.2) is 34.2 Å². The summed E-state index contributed by atoms with van der Waals surface area (Å²) in [4.78, 5) is 29.8. The topological polar surface area (TPSA) is 81.8 Å². The van der Waals surface area contributed by atoms with Crippen molar-refractivity contribution < 1.29 is 4.79 Å². The van der Waals surface area contributed by atoms with E-state index in [1.807, 2.05) is 12.1 Å². The van der Waals surface area contributed by atoms with E-state index in [0.29, 0.717) is 31.2 Å². The van der Waals surface area contributed by atoms with E-state index in [-0.39, 0.29) is 17.6 Å². The van der Waals surface area contributed by atoms with E-state index in [2.05, 4.69) is 29.2 Å². The number of carbonyl (C=O) groups is 1. The van der Waals surface area contributed by atoms with E-state index >= 15 is 0 Å². The third-order valence-electron chi connectivity index (χ3n) is 4.72. The van der Waals surface area contributed by atoms with E-state index in [9.17, 15) is 9.59 Å². The van der Waals surface area contributed by atoms with Gasteiger partial charge >= 0.3 is 5.69 Å². The van der Waals surface area contributed by atoms with E-state index in [1.54, 1.807) is 21.6 Å². The fourth-order valence-electron chi connectivity index (χ4n) is 3.15. The highest BCUT2D eigenvalue weighted by Gasteiger charge is 2.22. The van der Waals surface area contributed by atoms with Gasteiger partial charge in [0, 0.05) is 42.8 Å². The van der Waals surface area contributed by atoms with Crippen LogP contribution in [0.4, 0.5) is 0 Å². The molecule has 1 atom stereocenters. The van der Waals surface area contributed by atoms with Crippen molar-refractivity contribution in [3.05, 3.63) is 40.8 Å². The largest absolute Gasteiger partial charge is 0.353 e. The molecule has 0 fully saturated rings. The molecule has 1 N–H and O–H groups in total. The third-order valence-corrected chi connectivity index (χ3v) is 5.73. The quantitative estimate of drug-likeness (QED) is 0.734. The minimum absolute atomic E-state index is 0.0223. The van der Waals surface area contributed by atoms with Gasteiger partial charge in [-0.2, -0.15) is 5.10 Å². The summed E-state index contributed by atoms with van der Waals surface area (Å²) < 4.78 is 3.37. The number of hydrogen-bond acceptors (Lipinski definition) is 5. The molecule has 7 nitrogen and oxygen atoms in total. The maximum absolute atomic E-state index is 12.5. The van der Waals surface area contributed by atoms with E-state index in [0.717, 1.165) is 30.0 Å². The lowest BCUT2D eigenvalue weighted by atomic mass is 10.1. The first kappa shape index (κ1) is 19.7. The minimum Gasteiger partial charge on any atom is -0.353 e. The van der Waals surface area contributed by atoms with Gasteiger partial charge in [-0.25, -0.2) is 9.48 Å². The zero-order valence-corrected chi connectivity index (χ0v) is 16.7. The number of pyridine rings is 1. The Balaban J connectivity index is 1.51. The van der Waals surface area contributed by atoms with Crippen LogP contribution in [-0.2, 0) is 24.3 Å². The minimum atomic E-state index is -0.0223. The molecule has 0 bridgehead atoms. The van der Waals surface area contributed by atoms with Crippen LogP contribution in [0.5, 0.6) is 0 Å². The third kappa shape index (κ3) is 5.45.